The molecule has 3 rings (SSSR count). The summed E-state index contributed by atoms with van der Waals surface area (Å²) in [6.07, 6.45) is 4.06. The van der Waals surface area contributed by atoms with E-state index in [4.69, 9.17) is 21.1 Å². The number of halogens is 1. The minimum absolute atomic E-state index is 0.0286. The molecule has 0 bridgehead atoms. The van der Waals surface area contributed by atoms with E-state index in [0.29, 0.717) is 17.3 Å². The van der Waals surface area contributed by atoms with Crippen molar-refractivity contribution in [2.24, 2.45) is 0 Å². The second-order valence-corrected chi connectivity index (χ2v) is 7.39. The maximum atomic E-state index is 10.9. The minimum atomic E-state index is -0.0286. The first-order valence-electron chi connectivity index (χ1n) is 11.6. The highest BCUT2D eigenvalue weighted by atomic mass is 35.5. The van der Waals surface area contributed by atoms with Gasteiger partial charge in [-0.3, -0.25) is 4.79 Å². The Morgan fingerprint density at radius 2 is 1.60 bits per heavy atom. The third-order valence-corrected chi connectivity index (χ3v) is 4.88. The lowest BCUT2D eigenvalue weighted by atomic mass is 10.2. The number of ether oxygens (including phenoxy) is 2. The molecule has 1 amide bonds. The number of benzene rings is 2. The number of nitrogens with zero attached hydrogens (tertiary/aromatic N) is 1. The topological polar surface area (TPSA) is 60.5 Å². The van der Waals surface area contributed by atoms with Crippen molar-refractivity contribution < 1.29 is 14.3 Å². The van der Waals surface area contributed by atoms with E-state index in [1.807, 2.05) is 71.0 Å². The van der Waals surface area contributed by atoms with Crippen LogP contribution in [-0.4, -0.2) is 31.4 Å². The van der Waals surface area contributed by atoms with Crippen LogP contribution >= 0.6 is 23.4 Å². The molecule has 5 nitrogen and oxygen atoms in total. The van der Waals surface area contributed by atoms with E-state index >= 15 is 0 Å². The normalized spacial score (nSPS) is 8.63. The van der Waals surface area contributed by atoms with Gasteiger partial charge in [0.15, 0.2) is 0 Å². The lowest BCUT2D eigenvalue weighted by molar-refractivity contribution is -0.115. The average Bonchev–Trinajstić information content (AvgIpc) is 2.93. The summed E-state index contributed by atoms with van der Waals surface area (Å²) in [5.41, 5.74) is 1.76. The fourth-order valence-electron chi connectivity index (χ4n) is 2.23. The van der Waals surface area contributed by atoms with Crippen LogP contribution in [0.25, 0.3) is 0 Å². The molecule has 1 N–H and O–H groups in total. The Balaban J connectivity index is 0. The van der Waals surface area contributed by atoms with Crippen LogP contribution in [0.1, 0.15) is 46.6 Å². The molecule has 0 fully saturated rings. The molecule has 0 aliphatic carbocycles. The Hall–Kier alpha value is -2.70. The van der Waals surface area contributed by atoms with Crippen LogP contribution in [0.4, 0.5) is 5.69 Å². The van der Waals surface area contributed by atoms with E-state index in [2.05, 4.69) is 28.7 Å². The van der Waals surface area contributed by atoms with Gasteiger partial charge in [-0.15, -0.1) is 11.8 Å². The Kier molecular flexibility index (Phi) is 22.7. The second kappa shape index (κ2) is 23.1. The predicted molar refractivity (Wildman–Crippen MR) is 153 cm³/mol. The minimum Gasteiger partial charge on any atom is -0.497 e. The van der Waals surface area contributed by atoms with Crippen LogP contribution in [-0.2, 0) is 4.79 Å². The monoisotopic (exact) mass is 520 g/mol. The van der Waals surface area contributed by atoms with Crippen molar-refractivity contribution in [3.63, 3.8) is 0 Å². The quantitative estimate of drug-likeness (QED) is 0.269. The molecule has 0 saturated carbocycles. The van der Waals surface area contributed by atoms with Crippen LogP contribution in [0, 0.1) is 6.92 Å². The van der Waals surface area contributed by atoms with E-state index < -0.39 is 0 Å². The molecular formula is C28H41ClN2O3S. The molecule has 0 saturated heterocycles. The predicted octanol–water partition coefficient (Wildman–Crippen LogP) is 8.56. The van der Waals surface area contributed by atoms with Gasteiger partial charge in [0.2, 0.25) is 5.91 Å². The number of nitrogens with one attached hydrogen (secondary N) is 1. The van der Waals surface area contributed by atoms with Crippen molar-refractivity contribution in [1.29, 1.82) is 0 Å². The van der Waals surface area contributed by atoms with Crippen LogP contribution in [0.2, 0.25) is 5.15 Å². The van der Waals surface area contributed by atoms with Crippen molar-refractivity contribution in [2.75, 3.05) is 25.8 Å². The number of methoxy groups -OCH3 is 2. The molecule has 35 heavy (non-hydrogen) atoms. The number of hydrogen-bond acceptors (Lipinski definition) is 5. The van der Waals surface area contributed by atoms with E-state index in [1.165, 1.54) is 11.1 Å². The molecule has 3 aromatic rings. The summed E-state index contributed by atoms with van der Waals surface area (Å²) in [4.78, 5) is 16.0. The first-order chi connectivity index (χ1) is 16.9. The first-order valence-corrected chi connectivity index (χ1v) is 13.2. The lowest BCUT2D eigenvalue weighted by Gasteiger charge is -2.05. The van der Waals surface area contributed by atoms with Gasteiger partial charge in [-0.25, -0.2) is 4.98 Å². The summed E-state index contributed by atoms with van der Waals surface area (Å²) >= 11 is 7.33. The van der Waals surface area contributed by atoms with Gasteiger partial charge in [0.1, 0.15) is 16.7 Å². The summed E-state index contributed by atoms with van der Waals surface area (Å²) in [7, 11) is 3.32. The Labute approximate surface area is 221 Å². The van der Waals surface area contributed by atoms with Gasteiger partial charge in [0, 0.05) is 11.3 Å². The molecule has 194 valence electrons. The standard InChI is InChI=1S/C9H12O2.C8H9ClN2O.C7H8S.2C2H6/c1-7-6-8(10-2)4-5-9(7)11-3;1-2-8(12)11-6-3-4-7(9)10-5-6;1-8-7-5-3-2-4-6-7;2*1-2/h4-6H,1-3H3;3-5H,2H2,1H3,(H,11,12);2-6H,1H3;2*1-2H3. The van der Waals surface area contributed by atoms with Gasteiger partial charge in [-0.05, 0) is 61.2 Å². The number of thioether (sulfide) groups is 1. The van der Waals surface area contributed by atoms with Gasteiger partial charge in [0.05, 0.1) is 26.1 Å². The lowest BCUT2D eigenvalue weighted by Crippen LogP contribution is -2.09. The zero-order chi connectivity index (χ0) is 27.1. The number of rotatable bonds is 5. The third kappa shape index (κ3) is 16.5. The van der Waals surface area contributed by atoms with Crippen molar-refractivity contribution >= 4 is 35.0 Å². The second-order valence-electron chi connectivity index (χ2n) is 6.12. The summed E-state index contributed by atoms with van der Waals surface area (Å²) in [6.45, 7) is 11.8. The SMILES string of the molecule is CC.CC.CCC(=O)Nc1ccc(Cl)nc1.COc1ccc(OC)c(C)c1.CSc1ccccc1. The molecule has 0 atom stereocenters. The number of carbonyl (C=O) groups excluding carboxylic acids is 1. The molecule has 0 spiro atoms. The summed E-state index contributed by atoms with van der Waals surface area (Å²) in [6, 6.07) is 19.4. The number of hydrogen-bond donors (Lipinski definition) is 1. The number of pyridine rings is 1. The van der Waals surface area contributed by atoms with Crippen LogP contribution in [0.15, 0.2) is 71.8 Å². The largest absolute Gasteiger partial charge is 0.497 e. The van der Waals surface area contributed by atoms with E-state index in [0.717, 1.165) is 17.1 Å². The summed E-state index contributed by atoms with van der Waals surface area (Å²) < 4.78 is 10.1. The molecule has 2 aromatic carbocycles. The molecule has 7 heteroatoms. The number of aromatic nitrogens is 1. The van der Waals surface area contributed by atoms with Gasteiger partial charge >= 0.3 is 0 Å². The van der Waals surface area contributed by atoms with E-state index in [1.54, 1.807) is 45.0 Å². The fourth-order valence-corrected chi connectivity index (χ4v) is 2.77. The Morgan fingerprint density at radius 1 is 0.971 bits per heavy atom. The third-order valence-electron chi connectivity index (χ3n) is 3.91. The zero-order valence-electron chi connectivity index (χ0n) is 22.5. The van der Waals surface area contributed by atoms with Gasteiger partial charge in [0.25, 0.3) is 0 Å². The highest BCUT2D eigenvalue weighted by Gasteiger charge is 1.98. The molecular weight excluding hydrogens is 480 g/mol. The highest BCUT2D eigenvalue weighted by Crippen LogP contribution is 2.22. The summed E-state index contributed by atoms with van der Waals surface area (Å²) in [5.74, 6) is 1.73. The van der Waals surface area contributed by atoms with Crippen molar-refractivity contribution in [3.05, 3.63) is 77.6 Å². The highest BCUT2D eigenvalue weighted by molar-refractivity contribution is 7.98. The van der Waals surface area contributed by atoms with Crippen molar-refractivity contribution in [2.45, 2.75) is 52.9 Å². The van der Waals surface area contributed by atoms with E-state index in [9.17, 15) is 4.79 Å². The van der Waals surface area contributed by atoms with Crippen LogP contribution in [0.5, 0.6) is 11.5 Å². The van der Waals surface area contributed by atoms with Gasteiger partial charge < -0.3 is 14.8 Å². The number of aryl methyl sites for hydroxylation is 1. The number of carbonyl (C=O) groups is 1. The Morgan fingerprint density at radius 3 is 2.00 bits per heavy atom. The van der Waals surface area contributed by atoms with Crippen LogP contribution < -0.4 is 14.8 Å². The maximum absolute atomic E-state index is 10.9. The van der Waals surface area contributed by atoms with Crippen molar-refractivity contribution in [3.8, 4) is 11.5 Å². The van der Waals surface area contributed by atoms with Gasteiger partial charge in [-0.2, -0.15) is 0 Å². The van der Waals surface area contributed by atoms with E-state index in [-0.39, 0.29) is 5.91 Å². The average molecular weight is 521 g/mol. The first kappa shape index (κ1) is 34.5. The van der Waals surface area contributed by atoms with Crippen molar-refractivity contribution in [1.82, 2.24) is 4.98 Å². The number of amides is 1. The molecule has 0 aliphatic rings. The molecule has 1 aromatic heterocycles. The van der Waals surface area contributed by atoms with Crippen LogP contribution in [0.3, 0.4) is 0 Å². The number of anilines is 1. The summed E-state index contributed by atoms with van der Waals surface area (Å²) in [5, 5.41) is 3.08. The zero-order valence-corrected chi connectivity index (χ0v) is 24.1. The smallest absolute Gasteiger partial charge is 0.224 e. The fraction of sp³-hybridized carbons (Fsp3) is 0.357. The molecule has 0 radical (unpaired) electrons. The Bertz CT molecular complexity index is 908. The molecule has 0 aliphatic heterocycles. The van der Waals surface area contributed by atoms with Gasteiger partial charge in [-0.1, -0.05) is 64.4 Å². The maximum Gasteiger partial charge on any atom is 0.224 e. The molecule has 0 unspecified atom stereocenters. The molecule has 1 heterocycles.